The molecule has 42 valence electrons. The molecule has 0 atom stereocenters. The SMILES string of the molecule is C=C(C)[SiH2]OCC. The first kappa shape index (κ1) is 6.92. The Morgan fingerprint density at radius 2 is 2.43 bits per heavy atom. The molecule has 0 spiro atoms. The molecule has 0 aliphatic carbocycles. The normalized spacial score (nSPS) is 10.6. The monoisotopic (exact) mass is 116 g/mol. The fourth-order valence-electron chi connectivity index (χ4n) is 0.276. The Hall–Kier alpha value is -0.0831. The topological polar surface area (TPSA) is 9.23 Å². The molecule has 2 heteroatoms. The second-order valence-corrected chi connectivity index (χ2v) is 3.50. The van der Waals surface area contributed by atoms with Crippen molar-refractivity contribution >= 4 is 9.76 Å². The molecule has 1 nitrogen and oxygen atoms in total. The average molecular weight is 116 g/mol. The highest BCUT2D eigenvalue weighted by molar-refractivity contribution is 6.37. The molecule has 0 N–H and O–H groups in total. The fourth-order valence-corrected chi connectivity index (χ4v) is 0.829. The van der Waals surface area contributed by atoms with Crippen molar-refractivity contribution in [3.8, 4) is 0 Å². The quantitative estimate of drug-likeness (QED) is 0.492. The highest BCUT2D eigenvalue weighted by atomic mass is 28.2. The first-order valence-electron chi connectivity index (χ1n) is 2.49. The van der Waals surface area contributed by atoms with Crippen LogP contribution in [0.15, 0.2) is 11.8 Å². The highest BCUT2D eigenvalue weighted by Crippen LogP contribution is 1.81. The van der Waals surface area contributed by atoms with Crippen LogP contribution < -0.4 is 0 Å². The van der Waals surface area contributed by atoms with Crippen LogP contribution in [0.4, 0.5) is 0 Å². The molecule has 7 heavy (non-hydrogen) atoms. The second kappa shape index (κ2) is 4.09. The van der Waals surface area contributed by atoms with E-state index in [9.17, 15) is 0 Å². The van der Waals surface area contributed by atoms with Gasteiger partial charge in [-0.25, -0.2) is 0 Å². The number of hydrogen-bond donors (Lipinski definition) is 0. The van der Waals surface area contributed by atoms with Crippen LogP contribution in [0.1, 0.15) is 13.8 Å². The van der Waals surface area contributed by atoms with Crippen molar-refractivity contribution in [3.63, 3.8) is 0 Å². The lowest BCUT2D eigenvalue weighted by Crippen LogP contribution is -1.97. The van der Waals surface area contributed by atoms with Gasteiger partial charge in [0.05, 0.1) is 0 Å². The molecule has 0 amide bonds. The third-order valence-corrected chi connectivity index (χ3v) is 1.66. The summed E-state index contributed by atoms with van der Waals surface area (Å²) in [5, 5.41) is 1.22. The Morgan fingerprint density at radius 1 is 1.86 bits per heavy atom. The molecule has 0 aliphatic heterocycles. The van der Waals surface area contributed by atoms with E-state index in [4.69, 9.17) is 4.43 Å². The number of hydrogen-bond acceptors (Lipinski definition) is 1. The van der Waals surface area contributed by atoms with Gasteiger partial charge in [-0.1, -0.05) is 5.20 Å². The standard InChI is InChI=1S/C5H12OSi/c1-4-6-7-5(2)3/h2,4,7H2,1,3H3. The lowest BCUT2D eigenvalue weighted by atomic mass is 10.8. The molecule has 0 aromatic heterocycles. The molecule has 0 radical (unpaired) electrons. The van der Waals surface area contributed by atoms with Crippen molar-refractivity contribution in [3.05, 3.63) is 11.8 Å². The van der Waals surface area contributed by atoms with Crippen LogP contribution in [-0.4, -0.2) is 16.4 Å². The molecule has 0 bridgehead atoms. The summed E-state index contributed by atoms with van der Waals surface area (Å²) >= 11 is 0. The minimum absolute atomic E-state index is 0.348. The van der Waals surface area contributed by atoms with Crippen LogP contribution in [-0.2, 0) is 4.43 Å². The van der Waals surface area contributed by atoms with E-state index in [1.54, 1.807) is 0 Å². The molecule has 0 aliphatic rings. The average Bonchev–Trinajstić information content (AvgIpc) is 1.61. The van der Waals surface area contributed by atoms with Crippen LogP contribution in [0.25, 0.3) is 0 Å². The summed E-state index contributed by atoms with van der Waals surface area (Å²) < 4.78 is 5.13. The zero-order valence-corrected chi connectivity index (χ0v) is 6.44. The summed E-state index contributed by atoms with van der Waals surface area (Å²) in [5.41, 5.74) is 0. The van der Waals surface area contributed by atoms with Gasteiger partial charge in [-0.15, -0.1) is 6.58 Å². The maximum absolute atomic E-state index is 5.13. The van der Waals surface area contributed by atoms with Gasteiger partial charge in [0.2, 0.25) is 0 Å². The van der Waals surface area contributed by atoms with Gasteiger partial charge in [0.15, 0.2) is 9.76 Å². The van der Waals surface area contributed by atoms with Gasteiger partial charge in [0, 0.05) is 6.61 Å². The molecule has 0 fully saturated rings. The Labute approximate surface area is 47.3 Å². The number of allylic oxidation sites excluding steroid dienone is 1. The van der Waals surface area contributed by atoms with Crippen LogP contribution in [0.2, 0.25) is 0 Å². The summed E-state index contributed by atoms with van der Waals surface area (Å²) in [7, 11) is -0.348. The van der Waals surface area contributed by atoms with E-state index in [0.717, 1.165) is 6.61 Å². The number of rotatable bonds is 3. The molecule has 0 saturated heterocycles. The van der Waals surface area contributed by atoms with Crippen molar-refractivity contribution in [1.29, 1.82) is 0 Å². The smallest absolute Gasteiger partial charge is 0.187 e. The Morgan fingerprint density at radius 3 is 2.57 bits per heavy atom. The Balaban J connectivity index is 2.82. The Bertz CT molecular complexity index is 61.1. The van der Waals surface area contributed by atoms with Crippen LogP contribution in [0, 0.1) is 0 Å². The van der Waals surface area contributed by atoms with Gasteiger partial charge in [-0.3, -0.25) is 0 Å². The van der Waals surface area contributed by atoms with E-state index >= 15 is 0 Å². The molecule has 0 aromatic carbocycles. The minimum atomic E-state index is -0.348. The first-order chi connectivity index (χ1) is 3.27. The van der Waals surface area contributed by atoms with Crippen LogP contribution in [0.3, 0.4) is 0 Å². The maximum Gasteiger partial charge on any atom is 0.187 e. The van der Waals surface area contributed by atoms with E-state index in [2.05, 4.69) is 6.58 Å². The fraction of sp³-hybridized carbons (Fsp3) is 0.600. The molecule has 0 unspecified atom stereocenters. The summed E-state index contributed by atoms with van der Waals surface area (Å²) in [4.78, 5) is 0. The van der Waals surface area contributed by atoms with Crippen LogP contribution in [0.5, 0.6) is 0 Å². The first-order valence-corrected chi connectivity index (χ1v) is 3.78. The van der Waals surface area contributed by atoms with Crippen molar-refractivity contribution in [1.82, 2.24) is 0 Å². The largest absolute Gasteiger partial charge is 0.419 e. The van der Waals surface area contributed by atoms with Gasteiger partial charge < -0.3 is 4.43 Å². The van der Waals surface area contributed by atoms with E-state index in [-0.39, 0.29) is 9.76 Å². The van der Waals surface area contributed by atoms with Gasteiger partial charge in [-0.2, -0.15) is 0 Å². The van der Waals surface area contributed by atoms with Gasteiger partial charge >= 0.3 is 0 Å². The van der Waals surface area contributed by atoms with E-state index < -0.39 is 0 Å². The van der Waals surface area contributed by atoms with Gasteiger partial charge in [0.25, 0.3) is 0 Å². The zero-order valence-electron chi connectivity index (χ0n) is 5.03. The zero-order chi connectivity index (χ0) is 5.70. The predicted octanol–water partition coefficient (Wildman–Crippen LogP) is 0.640. The second-order valence-electron chi connectivity index (χ2n) is 1.59. The molecule has 0 saturated carbocycles. The van der Waals surface area contributed by atoms with Gasteiger partial charge in [-0.05, 0) is 13.8 Å². The molecular formula is C5H12OSi. The maximum atomic E-state index is 5.13. The highest BCUT2D eigenvalue weighted by Gasteiger charge is 1.81. The van der Waals surface area contributed by atoms with Crippen molar-refractivity contribution in [2.75, 3.05) is 6.61 Å². The molecule has 0 rings (SSSR count). The molecule has 0 aromatic rings. The van der Waals surface area contributed by atoms with E-state index in [1.807, 2.05) is 13.8 Å². The van der Waals surface area contributed by atoms with Crippen molar-refractivity contribution in [2.45, 2.75) is 13.8 Å². The summed E-state index contributed by atoms with van der Waals surface area (Å²) in [6.07, 6.45) is 0. The summed E-state index contributed by atoms with van der Waals surface area (Å²) in [5.74, 6) is 0. The minimum Gasteiger partial charge on any atom is -0.419 e. The third kappa shape index (κ3) is 5.92. The third-order valence-electron chi connectivity index (χ3n) is 0.553. The summed E-state index contributed by atoms with van der Waals surface area (Å²) in [6.45, 7) is 8.60. The Kier molecular flexibility index (Phi) is 4.04. The van der Waals surface area contributed by atoms with E-state index in [0.29, 0.717) is 0 Å². The lowest BCUT2D eigenvalue weighted by molar-refractivity contribution is 0.365. The van der Waals surface area contributed by atoms with Gasteiger partial charge in [0.1, 0.15) is 0 Å². The lowest BCUT2D eigenvalue weighted by Gasteiger charge is -1.94. The van der Waals surface area contributed by atoms with Crippen molar-refractivity contribution in [2.24, 2.45) is 0 Å². The van der Waals surface area contributed by atoms with Crippen molar-refractivity contribution < 1.29 is 4.43 Å². The summed E-state index contributed by atoms with van der Waals surface area (Å²) in [6, 6.07) is 0. The molecule has 0 heterocycles. The van der Waals surface area contributed by atoms with Crippen LogP contribution >= 0.6 is 0 Å². The predicted molar refractivity (Wildman–Crippen MR) is 35.0 cm³/mol. The van der Waals surface area contributed by atoms with E-state index in [1.165, 1.54) is 5.20 Å². The molecular weight excluding hydrogens is 104 g/mol.